The van der Waals surface area contributed by atoms with Gasteiger partial charge in [-0.1, -0.05) is 26.8 Å². The van der Waals surface area contributed by atoms with Crippen LogP contribution < -0.4 is 5.69 Å². The van der Waals surface area contributed by atoms with E-state index in [1.54, 1.807) is 16.2 Å². The molecule has 0 radical (unpaired) electrons. The SMILES string of the molecule is Cn1c(=O)n(CC(C)(C)C)c2ccc(-c3cc(CN4CC5CCC(C4)N5C(O)OC(C)(C)C)ccc3C#N)nc21. The second kappa shape index (κ2) is 10.4. The van der Waals surface area contributed by atoms with Gasteiger partial charge in [-0.3, -0.25) is 14.0 Å². The summed E-state index contributed by atoms with van der Waals surface area (Å²) in [6.07, 6.45) is 1.19. The van der Waals surface area contributed by atoms with Gasteiger partial charge in [0, 0.05) is 50.9 Å². The molecule has 2 saturated heterocycles. The highest BCUT2D eigenvalue weighted by Crippen LogP contribution is 2.34. The van der Waals surface area contributed by atoms with E-state index in [0.29, 0.717) is 23.4 Å². The van der Waals surface area contributed by atoms with E-state index >= 15 is 0 Å². The minimum absolute atomic E-state index is 0.0538. The third-order valence-corrected chi connectivity index (χ3v) is 7.83. The van der Waals surface area contributed by atoms with Crippen LogP contribution in [0.4, 0.5) is 0 Å². The van der Waals surface area contributed by atoms with Crippen molar-refractivity contribution in [3.8, 4) is 17.3 Å². The molecule has 1 aromatic carbocycles. The fourth-order valence-corrected chi connectivity index (χ4v) is 6.20. The normalized spacial score (nSPS) is 21.2. The summed E-state index contributed by atoms with van der Waals surface area (Å²) in [6, 6.07) is 12.6. The lowest BCUT2D eigenvalue weighted by Gasteiger charge is -2.44. The molecule has 2 aromatic heterocycles. The number of pyridine rings is 1. The molecule has 1 N–H and O–H groups in total. The van der Waals surface area contributed by atoms with Gasteiger partial charge in [-0.05, 0) is 68.9 Å². The summed E-state index contributed by atoms with van der Waals surface area (Å²) >= 11 is 0. The summed E-state index contributed by atoms with van der Waals surface area (Å²) in [5.41, 5.74) is 3.98. The van der Waals surface area contributed by atoms with E-state index in [2.05, 4.69) is 42.7 Å². The van der Waals surface area contributed by atoms with Crippen molar-refractivity contribution in [1.29, 1.82) is 5.26 Å². The summed E-state index contributed by atoms with van der Waals surface area (Å²) < 4.78 is 9.25. The Hall–Kier alpha value is -3.03. The van der Waals surface area contributed by atoms with Crippen LogP contribution in [0.5, 0.6) is 0 Å². The maximum absolute atomic E-state index is 13.0. The van der Waals surface area contributed by atoms with Gasteiger partial charge in [0.1, 0.15) is 0 Å². The van der Waals surface area contributed by atoms with Gasteiger partial charge in [0.05, 0.1) is 28.4 Å². The summed E-state index contributed by atoms with van der Waals surface area (Å²) in [7, 11) is 1.75. The minimum Gasteiger partial charge on any atom is -0.356 e. The number of hydrogen-bond acceptors (Lipinski definition) is 7. The highest BCUT2D eigenvalue weighted by Gasteiger charge is 2.44. The number of fused-ring (bicyclic) bond motifs is 3. The molecule has 3 atom stereocenters. The molecule has 40 heavy (non-hydrogen) atoms. The number of imidazole rings is 1. The van der Waals surface area contributed by atoms with E-state index in [9.17, 15) is 15.2 Å². The third-order valence-electron chi connectivity index (χ3n) is 7.83. The van der Waals surface area contributed by atoms with Crippen molar-refractivity contribution in [1.82, 2.24) is 23.9 Å². The van der Waals surface area contributed by atoms with Gasteiger partial charge in [0.15, 0.2) is 5.65 Å². The molecule has 2 fully saturated rings. The van der Waals surface area contributed by atoms with Crippen LogP contribution in [-0.4, -0.2) is 66.2 Å². The fraction of sp³-hybridized carbons (Fsp3) is 0.581. The number of hydrogen-bond donors (Lipinski definition) is 1. The molecule has 0 amide bonds. The van der Waals surface area contributed by atoms with Crippen LogP contribution in [0.1, 0.15) is 65.5 Å². The number of nitriles is 1. The zero-order valence-corrected chi connectivity index (χ0v) is 24.8. The van der Waals surface area contributed by atoms with Crippen LogP contribution in [-0.2, 0) is 24.9 Å². The van der Waals surface area contributed by atoms with E-state index in [1.165, 1.54) is 0 Å². The van der Waals surface area contributed by atoms with Gasteiger partial charge >= 0.3 is 5.69 Å². The number of nitrogens with zero attached hydrogens (tertiary/aromatic N) is 6. The number of benzene rings is 1. The Kier molecular flexibility index (Phi) is 7.42. The van der Waals surface area contributed by atoms with Crippen molar-refractivity contribution >= 4 is 11.2 Å². The molecule has 2 aliphatic heterocycles. The molecular weight excluding hydrogens is 504 g/mol. The zero-order valence-electron chi connectivity index (χ0n) is 24.8. The number of aryl methyl sites for hydroxylation is 1. The number of aromatic nitrogens is 3. The van der Waals surface area contributed by atoms with Crippen molar-refractivity contribution in [3.05, 3.63) is 51.9 Å². The summed E-state index contributed by atoms with van der Waals surface area (Å²) in [6.45, 7) is 15.3. The second-order valence-corrected chi connectivity index (χ2v) is 13.6. The van der Waals surface area contributed by atoms with Crippen molar-refractivity contribution in [2.24, 2.45) is 12.5 Å². The Labute approximate surface area is 236 Å². The lowest BCUT2D eigenvalue weighted by Crippen LogP contribution is -2.58. The number of aliphatic hydroxyl groups is 1. The quantitative estimate of drug-likeness (QED) is 0.466. The molecule has 214 valence electrons. The molecule has 9 nitrogen and oxygen atoms in total. The first-order valence-electron chi connectivity index (χ1n) is 14.2. The molecule has 0 spiro atoms. The zero-order chi connectivity index (χ0) is 29.0. The molecule has 4 heterocycles. The van der Waals surface area contributed by atoms with E-state index in [0.717, 1.165) is 49.1 Å². The second-order valence-electron chi connectivity index (χ2n) is 13.6. The summed E-state index contributed by atoms with van der Waals surface area (Å²) in [5.74, 6) is 0. The Bertz CT molecular complexity index is 1490. The van der Waals surface area contributed by atoms with Crippen molar-refractivity contribution in [2.45, 2.75) is 91.6 Å². The average molecular weight is 547 g/mol. The number of likely N-dealkylation sites (tertiary alicyclic amines) is 1. The Balaban J connectivity index is 1.39. The molecule has 5 rings (SSSR count). The predicted molar refractivity (Wildman–Crippen MR) is 155 cm³/mol. The molecule has 2 aliphatic rings. The topological polar surface area (TPSA) is 99.5 Å². The lowest BCUT2D eigenvalue weighted by atomic mass is 9.97. The van der Waals surface area contributed by atoms with Gasteiger partial charge in [-0.15, -0.1) is 0 Å². The molecule has 3 aromatic rings. The van der Waals surface area contributed by atoms with Crippen LogP contribution in [0, 0.1) is 16.7 Å². The maximum Gasteiger partial charge on any atom is 0.330 e. The van der Waals surface area contributed by atoms with Crippen LogP contribution in [0.3, 0.4) is 0 Å². The van der Waals surface area contributed by atoms with Crippen molar-refractivity contribution in [2.75, 3.05) is 13.1 Å². The number of aliphatic hydroxyl groups excluding tert-OH is 1. The summed E-state index contributed by atoms with van der Waals surface area (Å²) in [4.78, 5) is 22.5. The first-order valence-corrected chi connectivity index (χ1v) is 14.2. The largest absolute Gasteiger partial charge is 0.356 e. The molecule has 0 aliphatic carbocycles. The van der Waals surface area contributed by atoms with E-state index < -0.39 is 12.0 Å². The highest BCUT2D eigenvalue weighted by atomic mass is 16.6. The van der Waals surface area contributed by atoms with Gasteiger partial charge in [0.25, 0.3) is 0 Å². The number of ether oxygens (including phenoxy) is 1. The van der Waals surface area contributed by atoms with Crippen LogP contribution in [0.25, 0.3) is 22.4 Å². The first-order chi connectivity index (χ1) is 18.7. The van der Waals surface area contributed by atoms with E-state index in [-0.39, 0.29) is 23.2 Å². The number of piperazine rings is 1. The van der Waals surface area contributed by atoms with E-state index in [1.807, 2.05) is 45.0 Å². The monoisotopic (exact) mass is 546 g/mol. The predicted octanol–water partition coefficient (Wildman–Crippen LogP) is 4.06. The van der Waals surface area contributed by atoms with E-state index in [4.69, 9.17) is 9.72 Å². The highest BCUT2D eigenvalue weighted by molar-refractivity contribution is 5.78. The minimum atomic E-state index is -0.892. The molecule has 3 unspecified atom stereocenters. The van der Waals surface area contributed by atoms with Crippen LogP contribution in [0.15, 0.2) is 35.1 Å². The van der Waals surface area contributed by atoms with Crippen LogP contribution in [0.2, 0.25) is 0 Å². The van der Waals surface area contributed by atoms with Gasteiger partial charge in [-0.2, -0.15) is 5.26 Å². The standard InChI is InChI=1S/C31H42N6O3/c1-30(2,3)19-36-26-13-12-25(33-27(26)34(7)28(36)38)24-14-20(8-9-21(24)15-32)16-35-17-22-10-11-23(18-35)37(22)29(39)40-31(4,5)6/h8-9,12-14,22-23,29,39H,10-11,16-19H2,1-7H3. The molecular formula is C31H42N6O3. The van der Waals surface area contributed by atoms with Crippen LogP contribution >= 0.6 is 0 Å². The lowest BCUT2D eigenvalue weighted by molar-refractivity contribution is -0.258. The Morgan fingerprint density at radius 3 is 2.38 bits per heavy atom. The smallest absolute Gasteiger partial charge is 0.330 e. The Morgan fingerprint density at radius 2 is 1.77 bits per heavy atom. The maximum atomic E-state index is 13.0. The molecule has 0 saturated carbocycles. The van der Waals surface area contributed by atoms with Crippen molar-refractivity contribution in [3.63, 3.8) is 0 Å². The fourth-order valence-electron chi connectivity index (χ4n) is 6.20. The first kappa shape index (κ1) is 28.5. The Morgan fingerprint density at radius 1 is 1.10 bits per heavy atom. The van der Waals surface area contributed by atoms with Gasteiger partial charge in [0.2, 0.25) is 6.41 Å². The van der Waals surface area contributed by atoms with Gasteiger partial charge < -0.3 is 9.84 Å². The molecule has 9 heteroatoms. The molecule has 2 bridgehead atoms. The number of rotatable bonds is 6. The summed E-state index contributed by atoms with van der Waals surface area (Å²) in [5, 5.41) is 20.7. The van der Waals surface area contributed by atoms with Crippen molar-refractivity contribution < 1.29 is 9.84 Å². The van der Waals surface area contributed by atoms with Gasteiger partial charge in [-0.25, -0.2) is 14.7 Å². The average Bonchev–Trinajstić information content (AvgIpc) is 3.27. The third kappa shape index (κ3) is 5.72.